The largest absolute Gasteiger partial charge is 0.327 e. The number of likely N-dealkylation sites (tertiary alicyclic amines) is 1. The minimum atomic E-state index is -0.371. The summed E-state index contributed by atoms with van der Waals surface area (Å²) in [5.41, 5.74) is 4.99. The van der Waals surface area contributed by atoms with Gasteiger partial charge in [-0.05, 0) is 12.8 Å². The lowest BCUT2D eigenvalue weighted by Gasteiger charge is -2.24. The van der Waals surface area contributed by atoms with Crippen LogP contribution in [0.5, 0.6) is 0 Å². The van der Waals surface area contributed by atoms with Crippen LogP contribution < -0.4 is 5.73 Å². The molecule has 100 valence electrons. The number of amides is 2. The van der Waals surface area contributed by atoms with E-state index in [0.717, 1.165) is 25.7 Å². The van der Waals surface area contributed by atoms with Crippen molar-refractivity contribution in [3.63, 3.8) is 0 Å². The summed E-state index contributed by atoms with van der Waals surface area (Å²) in [5, 5.41) is 0. The second-order valence-electron chi connectivity index (χ2n) is 5.39. The number of imide groups is 1. The molecule has 4 nitrogen and oxygen atoms in total. The van der Waals surface area contributed by atoms with Crippen molar-refractivity contribution in [3.8, 4) is 0 Å². The first-order chi connectivity index (χ1) is 8.69. The molecule has 0 radical (unpaired) electrons. The van der Waals surface area contributed by atoms with Crippen molar-refractivity contribution in [2.24, 2.45) is 11.1 Å². The van der Waals surface area contributed by atoms with Crippen LogP contribution in [-0.2, 0) is 9.59 Å². The third kappa shape index (κ3) is 2.48. The number of rotatable bonds is 3. The van der Waals surface area contributed by atoms with E-state index in [1.807, 2.05) is 6.08 Å². The van der Waals surface area contributed by atoms with Crippen LogP contribution in [0, 0.1) is 5.41 Å². The smallest absolute Gasteiger partial charge is 0.236 e. The zero-order valence-corrected chi connectivity index (χ0v) is 10.9. The minimum Gasteiger partial charge on any atom is -0.327 e. The lowest BCUT2D eigenvalue weighted by atomic mass is 9.79. The van der Waals surface area contributed by atoms with Crippen LogP contribution in [0.15, 0.2) is 12.2 Å². The zero-order chi connectivity index (χ0) is 13.0. The topological polar surface area (TPSA) is 63.4 Å². The molecule has 1 aliphatic heterocycles. The Bertz CT molecular complexity index is 355. The second-order valence-corrected chi connectivity index (χ2v) is 5.39. The van der Waals surface area contributed by atoms with Gasteiger partial charge in [0.05, 0.1) is 5.41 Å². The Balaban J connectivity index is 2.09. The van der Waals surface area contributed by atoms with Crippen molar-refractivity contribution in [3.05, 3.63) is 12.2 Å². The van der Waals surface area contributed by atoms with Crippen LogP contribution >= 0.6 is 0 Å². The van der Waals surface area contributed by atoms with Gasteiger partial charge in [0.15, 0.2) is 0 Å². The molecule has 0 atom stereocenters. The highest BCUT2D eigenvalue weighted by molar-refractivity contribution is 6.06. The van der Waals surface area contributed by atoms with Crippen LogP contribution in [0.3, 0.4) is 0 Å². The molecule has 0 unspecified atom stereocenters. The molecule has 2 amide bonds. The van der Waals surface area contributed by atoms with E-state index in [2.05, 4.69) is 0 Å². The predicted octanol–water partition coefficient (Wildman–Crippen LogP) is 1.60. The quantitative estimate of drug-likeness (QED) is 0.611. The Kier molecular flexibility index (Phi) is 4.17. The van der Waals surface area contributed by atoms with Gasteiger partial charge in [-0.1, -0.05) is 37.8 Å². The average molecular weight is 250 g/mol. The molecule has 2 N–H and O–H groups in total. The number of hydrogen-bond acceptors (Lipinski definition) is 3. The van der Waals surface area contributed by atoms with Gasteiger partial charge in [0.25, 0.3) is 0 Å². The molecule has 1 saturated heterocycles. The fraction of sp³-hybridized carbons (Fsp3) is 0.714. The molecule has 1 saturated carbocycles. The summed E-state index contributed by atoms with van der Waals surface area (Å²) in [7, 11) is 0. The number of nitrogens with zero attached hydrogens (tertiary/aromatic N) is 1. The van der Waals surface area contributed by atoms with Gasteiger partial charge >= 0.3 is 0 Å². The van der Waals surface area contributed by atoms with E-state index in [0.29, 0.717) is 19.5 Å². The molecule has 18 heavy (non-hydrogen) atoms. The van der Waals surface area contributed by atoms with Crippen LogP contribution in [0.1, 0.15) is 44.9 Å². The molecule has 1 heterocycles. The summed E-state index contributed by atoms with van der Waals surface area (Å²) in [6.45, 7) is 0.831. The van der Waals surface area contributed by atoms with E-state index in [-0.39, 0.29) is 17.2 Å². The van der Waals surface area contributed by atoms with Crippen molar-refractivity contribution in [1.82, 2.24) is 4.90 Å². The van der Waals surface area contributed by atoms with Crippen molar-refractivity contribution >= 4 is 11.8 Å². The van der Waals surface area contributed by atoms with E-state index in [9.17, 15) is 9.59 Å². The first-order valence-electron chi connectivity index (χ1n) is 6.89. The molecule has 0 aromatic heterocycles. The molecule has 4 heteroatoms. The standard InChI is InChI=1S/C14H22N2O2/c15-9-5-6-10-16-12(17)11-14(13(16)18)7-3-1-2-4-8-14/h5-6H,1-4,7-11,15H2/b6-5+. The maximum atomic E-state index is 12.5. The van der Waals surface area contributed by atoms with Gasteiger partial charge in [-0.3, -0.25) is 14.5 Å². The highest BCUT2D eigenvalue weighted by Gasteiger charge is 2.50. The lowest BCUT2D eigenvalue weighted by molar-refractivity contribution is -0.141. The molecule has 2 aliphatic rings. The summed E-state index contributed by atoms with van der Waals surface area (Å²) < 4.78 is 0. The summed E-state index contributed by atoms with van der Waals surface area (Å²) in [6, 6.07) is 0. The molecule has 0 bridgehead atoms. The predicted molar refractivity (Wildman–Crippen MR) is 69.7 cm³/mol. The molecule has 2 rings (SSSR count). The number of hydrogen-bond donors (Lipinski definition) is 1. The van der Waals surface area contributed by atoms with E-state index in [1.54, 1.807) is 6.08 Å². The monoisotopic (exact) mass is 250 g/mol. The van der Waals surface area contributed by atoms with Crippen molar-refractivity contribution in [2.75, 3.05) is 13.1 Å². The molecule has 0 aromatic carbocycles. The van der Waals surface area contributed by atoms with Gasteiger partial charge in [-0.2, -0.15) is 0 Å². The third-order valence-corrected chi connectivity index (χ3v) is 4.14. The van der Waals surface area contributed by atoms with E-state index >= 15 is 0 Å². The summed E-state index contributed by atoms with van der Waals surface area (Å²) in [6.07, 6.45) is 10.3. The van der Waals surface area contributed by atoms with Crippen molar-refractivity contribution in [2.45, 2.75) is 44.9 Å². The SMILES string of the molecule is NC/C=C/CN1C(=O)CC2(CCCCCC2)C1=O. The van der Waals surface area contributed by atoms with Crippen LogP contribution in [0.2, 0.25) is 0 Å². The van der Waals surface area contributed by atoms with Gasteiger partial charge in [0.2, 0.25) is 11.8 Å². The Morgan fingerprint density at radius 1 is 1.11 bits per heavy atom. The molecule has 1 spiro atoms. The van der Waals surface area contributed by atoms with Gasteiger partial charge < -0.3 is 5.73 Å². The number of nitrogens with two attached hydrogens (primary N) is 1. The van der Waals surface area contributed by atoms with Crippen molar-refractivity contribution < 1.29 is 9.59 Å². The van der Waals surface area contributed by atoms with Crippen LogP contribution in [-0.4, -0.2) is 29.8 Å². The maximum Gasteiger partial charge on any atom is 0.236 e. The molecule has 2 fully saturated rings. The van der Waals surface area contributed by atoms with Crippen LogP contribution in [0.25, 0.3) is 0 Å². The highest BCUT2D eigenvalue weighted by atomic mass is 16.2. The normalized spacial score (nSPS) is 24.2. The average Bonchev–Trinajstić information content (AvgIpc) is 2.55. The Morgan fingerprint density at radius 3 is 2.39 bits per heavy atom. The van der Waals surface area contributed by atoms with Crippen LogP contribution in [0.4, 0.5) is 0 Å². The van der Waals surface area contributed by atoms with E-state index < -0.39 is 0 Å². The van der Waals surface area contributed by atoms with E-state index in [4.69, 9.17) is 5.73 Å². The number of carbonyl (C=O) groups is 2. The van der Waals surface area contributed by atoms with Gasteiger partial charge in [0, 0.05) is 19.5 Å². The zero-order valence-electron chi connectivity index (χ0n) is 10.9. The van der Waals surface area contributed by atoms with E-state index in [1.165, 1.54) is 17.7 Å². The fourth-order valence-corrected chi connectivity index (χ4v) is 3.12. The Hall–Kier alpha value is -1.16. The molecular formula is C14H22N2O2. The summed E-state index contributed by atoms with van der Waals surface area (Å²) >= 11 is 0. The highest BCUT2D eigenvalue weighted by Crippen LogP contribution is 2.44. The first kappa shape index (κ1) is 13.3. The second kappa shape index (κ2) is 5.65. The van der Waals surface area contributed by atoms with Gasteiger partial charge in [0.1, 0.15) is 0 Å². The van der Waals surface area contributed by atoms with Gasteiger partial charge in [-0.25, -0.2) is 0 Å². The first-order valence-corrected chi connectivity index (χ1v) is 6.89. The van der Waals surface area contributed by atoms with Gasteiger partial charge in [-0.15, -0.1) is 0 Å². The molecule has 1 aliphatic carbocycles. The Morgan fingerprint density at radius 2 is 1.78 bits per heavy atom. The van der Waals surface area contributed by atoms with Crippen molar-refractivity contribution in [1.29, 1.82) is 0 Å². The third-order valence-electron chi connectivity index (χ3n) is 4.14. The molecule has 0 aromatic rings. The molecular weight excluding hydrogens is 228 g/mol. The summed E-state index contributed by atoms with van der Waals surface area (Å²) in [5.74, 6) is 0.0413. The minimum absolute atomic E-state index is 0.0106. The maximum absolute atomic E-state index is 12.5. The Labute approximate surface area is 108 Å². The lowest BCUT2D eigenvalue weighted by Crippen LogP contribution is -2.35. The summed E-state index contributed by atoms with van der Waals surface area (Å²) in [4.78, 5) is 25.9. The number of carbonyl (C=O) groups excluding carboxylic acids is 2. The fourth-order valence-electron chi connectivity index (χ4n) is 3.12.